The molecule has 2 aromatic carbocycles. The summed E-state index contributed by atoms with van der Waals surface area (Å²) in [5.41, 5.74) is 5.84. The van der Waals surface area contributed by atoms with Gasteiger partial charge in [-0.05, 0) is 29.5 Å². The van der Waals surface area contributed by atoms with E-state index in [2.05, 4.69) is 42.1 Å². The Kier molecular flexibility index (Phi) is 7.81. The molecule has 0 aliphatic heterocycles. The van der Waals surface area contributed by atoms with E-state index in [9.17, 15) is 14.7 Å². The third kappa shape index (κ3) is 6.34. The van der Waals surface area contributed by atoms with Crippen LogP contribution in [0.3, 0.4) is 0 Å². The Bertz CT molecular complexity index is 842. The van der Waals surface area contributed by atoms with Crippen LogP contribution in [0.15, 0.2) is 54.6 Å². The topological polar surface area (TPSA) is 83.6 Å². The fourth-order valence-corrected chi connectivity index (χ4v) is 4.84. The molecule has 1 amide bonds. The van der Waals surface area contributed by atoms with Gasteiger partial charge in [-0.1, -0.05) is 73.9 Å². The van der Waals surface area contributed by atoms with Crippen molar-refractivity contribution in [1.82, 2.24) is 4.90 Å². The second kappa shape index (κ2) is 11.2. The smallest absolute Gasteiger partial charge is 0.323 e. The van der Waals surface area contributed by atoms with Crippen LogP contribution < -0.4 is 5.73 Å². The maximum Gasteiger partial charge on any atom is 0.323 e. The van der Waals surface area contributed by atoms with Crippen molar-refractivity contribution in [1.29, 1.82) is 0 Å². The predicted octanol–water partition coefficient (Wildman–Crippen LogP) is 4.16. The summed E-state index contributed by atoms with van der Waals surface area (Å²) in [5.74, 6) is -0.140. The molecule has 1 fully saturated rings. The predicted molar refractivity (Wildman–Crippen MR) is 122 cm³/mol. The number of carboxylic acid groups (broad SMARTS) is 1. The number of hydrogen-bond acceptors (Lipinski definition) is 4. The summed E-state index contributed by atoms with van der Waals surface area (Å²) < 4.78 is 7.63. The Morgan fingerprint density at radius 3 is 2.37 bits per heavy atom. The van der Waals surface area contributed by atoms with E-state index in [1.54, 1.807) is 11.8 Å². The standard InChI is InChI=1S/C24H30N2O3S/c25-22(24(29)26(15-23(27)28)21-9-5-2-6-10-21)17-30-16-18-11-13-20(14-12-18)19-7-3-1-4-8-19/h1,3-4,7-8,11-14,21-22H,2,5-6,9-10,15-17,25H2,(H,27,28)/t22-/m0/s1/i/hD. The summed E-state index contributed by atoms with van der Waals surface area (Å²) >= 11 is 1.57. The maximum atomic E-state index is 13.0. The minimum absolute atomic E-state index is 0.0382. The molecular weight excluding hydrogens is 396 g/mol. The summed E-state index contributed by atoms with van der Waals surface area (Å²) in [7, 11) is 0. The van der Waals surface area contributed by atoms with Crippen LogP contribution in [0.4, 0.5) is 0 Å². The van der Waals surface area contributed by atoms with Gasteiger partial charge in [0.2, 0.25) is 5.91 Å². The van der Waals surface area contributed by atoms with E-state index in [1.807, 2.05) is 18.2 Å². The molecule has 0 radical (unpaired) electrons. The maximum absolute atomic E-state index is 13.0. The largest absolute Gasteiger partial charge is 0.480 e. The lowest BCUT2D eigenvalue weighted by atomic mass is 9.93. The zero-order valence-corrected chi connectivity index (χ0v) is 17.9. The minimum atomic E-state index is -1.01. The number of carbonyl (C=O) groups is 2. The molecule has 0 spiro atoms. The second-order valence-corrected chi connectivity index (χ2v) is 8.81. The highest BCUT2D eigenvalue weighted by atomic mass is 32.2. The third-order valence-electron chi connectivity index (χ3n) is 5.52. The first-order valence-corrected chi connectivity index (χ1v) is 11.7. The van der Waals surface area contributed by atoms with Gasteiger partial charge in [-0.3, -0.25) is 9.59 Å². The molecule has 0 bridgehead atoms. The van der Waals surface area contributed by atoms with Crippen molar-refractivity contribution in [2.45, 2.75) is 49.9 Å². The van der Waals surface area contributed by atoms with Gasteiger partial charge in [0, 0.05) is 17.5 Å². The molecule has 1 atom stereocenters. The molecule has 0 unspecified atom stereocenters. The quantitative estimate of drug-likeness (QED) is 0.595. The second-order valence-electron chi connectivity index (χ2n) is 7.78. The van der Waals surface area contributed by atoms with Gasteiger partial charge in [-0.15, -0.1) is 0 Å². The van der Waals surface area contributed by atoms with E-state index >= 15 is 0 Å². The molecule has 3 N–H and O–H groups in total. The van der Waals surface area contributed by atoms with Gasteiger partial charge in [0.25, 0.3) is 0 Å². The van der Waals surface area contributed by atoms with E-state index < -0.39 is 12.0 Å². The average molecular weight is 428 g/mol. The Morgan fingerprint density at radius 2 is 1.73 bits per heavy atom. The van der Waals surface area contributed by atoms with Crippen LogP contribution in [-0.4, -0.2) is 46.3 Å². The molecule has 0 aromatic heterocycles. The van der Waals surface area contributed by atoms with Crippen molar-refractivity contribution < 1.29 is 16.1 Å². The highest BCUT2D eigenvalue weighted by molar-refractivity contribution is 7.98. The van der Waals surface area contributed by atoms with E-state index in [0.29, 0.717) is 5.75 Å². The van der Waals surface area contributed by atoms with Crippen LogP contribution in [0.2, 0.25) is 1.41 Å². The Labute approximate surface area is 184 Å². The lowest BCUT2D eigenvalue weighted by Gasteiger charge is -2.34. The van der Waals surface area contributed by atoms with Crippen LogP contribution >= 0.6 is 11.8 Å². The Hall–Kier alpha value is -2.31. The minimum Gasteiger partial charge on any atom is -0.480 e. The summed E-state index contributed by atoms with van der Waals surface area (Å²) in [4.78, 5) is 25.8. The van der Waals surface area contributed by atoms with Crippen molar-refractivity contribution in [2.75, 3.05) is 12.3 Å². The number of nitrogens with zero attached hydrogens (tertiary/aromatic N) is 1. The number of carbonyl (C=O) groups excluding carboxylic acids is 1. The molecule has 30 heavy (non-hydrogen) atoms. The van der Waals surface area contributed by atoms with Crippen molar-refractivity contribution in [2.24, 2.45) is 5.73 Å². The fourth-order valence-electron chi connectivity index (χ4n) is 3.92. The van der Waals surface area contributed by atoms with E-state index in [0.717, 1.165) is 49.0 Å². The number of benzene rings is 2. The summed E-state index contributed by atoms with van der Waals surface area (Å²) in [6.45, 7) is -0.298. The van der Waals surface area contributed by atoms with E-state index in [1.165, 1.54) is 10.5 Å². The molecule has 160 valence electrons. The molecule has 0 saturated heterocycles. The third-order valence-corrected chi connectivity index (χ3v) is 6.62. The monoisotopic (exact) mass is 427 g/mol. The number of thioether (sulfide) groups is 1. The van der Waals surface area contributed by atoms with Gasteiger partial charge in [0.15, 0.2) is 0 Å². The van der Waals surface area contributed by atoms with Crippen molar-refractivity contribution in [3.8, 4) is 11.1 Å². The van der Waals surface area contributed by atoms with Crippen molar-refractivity contribution in [3.63, 3.8) is 0 Å². The van der Waals surface area contributed by atoms with Gasteiger partial charge < -0.3 is 15.7 Å². The van der Waals surface area contributed by atoms with Crippen LogP contribution in [0.5, 0.6) is 0 Å². The summed E-state index contributed by atoms with van der Waals surface area (Å²) in [6, 6.07) is 17.8. The van der Waals surface area contributed by atoms with Gasteiger partial charge >= 0.3 is 5.97 Å². The van der Waals surface area contributed by atoms with Gasteiger partial charge in [0.1, 0.15) is 7.96 Å². The van der Waals surface area contributed by atoms with Crippen molar-refractivity contribution >= 4 is 23.6 Å². The molecule has 6 heteroatoms. The zero-order chi connectivity index (χ0) is 22.1. The van der Waals surface area contributed by atoms with Crippen LogP contribution in [0, 0.1) is 0 Å². The molecule has 1 aliphatic rings. The summed E-state index contributed by atoms with van der Waals surface area (Å²) in [6.07, 6.45) is 4.83. The molecule has 5 nitrogen and oxygen atoms in total. The molecule has 0 heterocycles. The van der Waals surface area contributed by atoms with Gasteiger partial charge in [-0.25, -0.2) is 0 Å². The van der Waals surface area contributed by atoms with Crippen LogP contribution in [0.1, 0.15) is 37.7 Å². The van der Waals surface area contributed by atoms with Gasteiger partial charge in [-0.2, -0.15) is 11.8 Å². The van der Waals surface area contributed by atoms with E-state index in [-0.39, 0.29) is 18.5 Å². The first-order valence-electron chi connectivity index (χ1n) is 11.0. The molecule has 1 aliphatic carbocycles. The van der Waals surface area contributed by atoms with Gasteiger partial charge in [0.05, 0.1) is 6.04 Å². The number of aliphatic carboxylic acids is 1. The number of nitrogens with two attached hydrogens (primary N) is 1. The molecule has 2 aromatic rings. The lowest BCUT2D eigenvalue weighted by Crippen LogP contribution is -2.52. The Morgan fingerprint density at radius 1 is 1.07 bits per heavy atom. The number of amides is 1. The van der Waals surface area contributed by atoms with Crippen LogP contribution in [-0.2, 0) is 15.3 Å². The van der Waals surface area contributed by atoms with Crippen LogP contribution in [0.25, 0.3) is 11.1 Å². The first-order chi connectivity index (χ1) is 15.1. The fraction of sp³-hybridized carbons (Fsp3) is 0.417. The number of carboxylic acids is 1. The van der Waals surface area contributed by atoms with E-state index in [4.69, 9.17) is 1.41 Å². The normalized spacial score (nSPS) is 15.9. The lowest BCUT2D eigenvalue weighted by molar-refractivity contribution is -0.147. The SMILES string of the molecule is [2H]N[C@@H](CSCc1ccc(-c2ccccc2)cc1)C(=O)N(CC(=O)O)C1CCCCC1. The average Bonchev–Trinajstić information content (AvgIpc) is 2.81. The van der Waals surface area contributed by atoms with Crippen molar-refractivity contribution in [3.05, 3.63) is 60.2 Å². The number of hydrogen-bond donors (Lipinski definition) is 2. The summed E-state index contributed by atoms with van der Waals surface area (Å²) in [5, 5.41) is 9.28. The number of rotatable bonds is 10. The molecular formula is C24H30N2O3S. The molecule has 3 rings (SSSR count). The zero-order valence-electron chi connectivity index (χ0n) is 18.1. The highest BCUT2D eigenvalue weighted by Gasteiger charge is 2.30. The Balaban J connectivity index is 1.55. The molecule has 1 saturated carbocycles. The highest BCUT2D eigenvalue weighted by Crippen LogP contribution is 2.24. The first kappa shape index (κ1) is 20.9.